The molecule has 30 heavy (non-hydrogen) atoms. The van der Waals surface area contributed by atoms with E-state index < -0.39 is 30.4 Å². The molecule has 0 spiro atoms. The van der Waals surface area contributed by atoms with Crippen LogP contribution in [0.5, 0.6) is 5.75 Å². The van der Waals surface area contributed by atoms with E-state index >= 15 is 0 Å². The van der Waals surface area contributed by atoms with Crippen molar-refractivity contribution in [2.24, 2.45) is 0 Å². The fraction of sp³-hybridized carbons (Fsp3) is 0.368. The molecule has 158 valence electrons. The van der Waals surface area contributed by atoms with Crippen molar-refractivity contribution in [1.29, 1.82) is 0 Å². The summed E-state index contributed by atoms with van der Waals surface area (Å²) < 4.78 is 18.1. The van der Waals surface area contributed by atoms with Gasteiger partial charge in [-0.3, -0.25) is 9.36 Å². The number of aromatic nitrogens is 4. The highest BCUT2D eigenvalue weighted by molar-refractivity contribution is 5.97. The van der Waals surface area contributed by atoms with Crippen LogP contribution in [0.1, 0.15) is 6.23 Å². The number of hydrogen-bond donors (Lipinski definition) is 3. The number of carbonyl (C=O) groups excluding carboxylic acids is 1. The number of ether oxygens (including phenoxy) is 3. The van der Waals surface area contributed by atoms with E-state index in [1.165, 1.54) is 19.8 Å². The minimum absolute atomic E-state index is 0.196. The number of aliphatic hydroxyl groups is 2. The average molecular weight is 415 g/mol. The number of fused-ring (bicyclic) bond motifs is 1. The van der Waals surface area contributed by atoms with E-state index in [2.05, 4.69) is 20.3 Å². The predicted octanol–water partition coefficient (Wildman–Crippen LogP) is 0.109. The summed E-state index contributed by atoms with van der Waals surface area (Å²) in [6.45, 7) is -0.556. The van der Waals surface area contributed by atoms with Gasteiger partial charge < -0.3 is 29.7 Å². The number of rotatable bonds is 7. The Bertz CT molecular complexity index is 1010. The number of amides is 1. The van der Waals surface area contributed by atoms with E-state index in [0.717, 1.165) is 0 Å². The first kappa shape index (κ1) is 20.2. The van der Waals surface area contributed by atoms with Crippen LogP contribution in [0.2, 0.25) is 0 Å². The quantitative estimate of drug-likeness (QED) is 0.490. The zero-order valence-corrected chi connectivity index (χ0v) is 16.1. The maximum absolute atomic E-state index is 12.3. The van der Waals surface area contributed by atoms with E-state index in [0.29, 0.717) is 16.9 Å². The van der Waals surface area contributed by atoms with Crippen molar-refractivity contribution in [3.63, 3.8) is 0 Å². The Kier molecular flexibility index (Phi) is 5.86. The molecule has 3 N–H and O–H groups in total. The van der Waals surface area contributed by atoms with E-state index in [9.17, 15) is 15.0 Å². The van der Waals surface area contributed by atoms with Gasteiger partial charge in [0, 0.05) is 7.11 Å². The molecular formula is C19H21N5O6. The Morgan fingerprint density at radius 3 is 2.80 bits per heavy atom. The van der Waals surface area contributed by atoms with Gasteiger partial charge in [-0.05, 0) is 12.1 Å². The largest absolute Gasteiger partial charge is 0.484 e. The van der Waals surface area contributed by atoms with Gasteiger partial charge in [-0.25, -0.2) is 15.0 Å². The molecule has 0 radical (unpaired) electrons. The molecule has 1 aliphatic heterocycles. The molecule has 1 aliphatic rings. The summed E-state index contributed by atoms with van der Waals surface area (Å²) in [4.78, 5) is 24.9. The van der Waals surface area contributed by atoms with Crippen LogP contribution in [0.15, 0.2) is 43.0 Å². The lowest BCUT2D eigenvalue weighted by molar-refractivity contribution is -0.118. The van der Waals surface area contributed by atoms with Crippen molar-refractivity contribution < 1.29 is 29.2 Å². The molecule has 1 saturated heterocycles. The minimum atomic E-state index is -1.02. The summed E-state index contributed by atoms with van der Waals surface area (Å²) in [5.41, 5.74) is 0.716. The van der Waals surface area contributed by atoms with Gasteiger partial charge in [-0.2, -0.15) is 0 Å². The molecule has 2 aromatic heterocycles. The third kappa shape index (κ3) is 3.83. The molecule has 3 heterocycles. The summed E-state index contributed by atoms with van der Waals surface area (Å²) in [5.74, 6) is 0.383. The normalized spacial score (nSPS) is 23.6. The van der Waals surface area contributed by atoms with Crippen LogP contribution in [-0.4, -0.2) is 74.3 Å². The lowest BCUT2D eigenvalue weighted by atomic mass is 10.1. The third-order valence-corrected chi connectivity index (χ3v) is 4.77. The third-order valence-electron chi connectivity index (χ3n) is 4.77. The molecule has 1 aromatic carbocycles. The monoisotopic (exact) mass is 415 g/mol. The number of methoxy groups -OCH3 is 1. The number of nitrogens with one attached hydrogen (secondary N) is 1. The molecule has 1 unspecified atom stereocenters. The van der Waals surface area contributed by atoms with Gasteiger partial charge in [-0.1, -0.05) is 18.2 Å². The van der Waals surface area contributed by atoms with Crippen molar-refractivity contribution in [2.75, 3.05) is 25.6 Å². The zero-order valence-electron chi connectivity index (χ0n) is 16.1. The summed E-state index contributed by atoms with van der Waals surface area (Å²) in [7, 11) is 1.44. The highest BCUT2D eigenvalue weighted by atomic mass is 16.6. The molecule has 0 saturated carbocycles. The van der Waals surface area contributed by atoms with Gasteiger partial charge in [0.05, 0.1) is 12.9 Å². The number of para-hydroxylation sites is 1. The van der Waals surface area contributed by atoms with Gasteiger partial charge in [0.15, 0.2) is 29.8 Å². The molecule has 4 rings (SSSR count). The maximum atomic E-state index is 12.3. The zero-order chi connectivity index (χ0) is 21.1. The molecule has 0 aliphatic carbocycles. The Labute approximate surface area is 171 Å². The molecule has 3 aromatic rings. The molecule has 1 fully saturated rings. The Hall–Kier alpha value is -3.12. The Morgan fingerprint density at radius 2 is 2.07 bits per heavy atom. The fourth-order valence-corrected chi connectivity index (χ4v) is 3.31. The van der Waals surface area contributed by atoms with E-state index in [1.54, 1.807) is 16.7 Å². The first-order chi connectivity index (χ1) is 14.6. The maximum Gasteiger partial charge on any atom is 0.263 e. The van der Waals surface area contributed by atoms with Crippen LogP contribution in [-0.2, 0) is 14.3 Å². The van der Waals surface area contributed by atoms with Gasteiger partial charge in [0.2, 0.25) is 0 Å². The predicted molar refractivity (Wildman–Crippen MR) is 104 cm³/mol. The van der Waals surface area contributed by atoms with Crippen LogP contribution in [0, 0.1) is 0 Å². The van der Waals surface area contributed by atoms with Gasteiger partial charge in [-0.15, -0.1) is 0 Å². The number of nitrogens with zero attached hydrogens (tertiary/aromatic N) is 4. The van der Waals surface area contributed by atoms with Crippen molar-refractivity contribution in [2.45, 2.75) is 24.5 Å². The number of aliphatic hydroxyl groups excluding tert-OH is 2. The number of imidazole rings is 1. The van der Waals surface area contributed by atoms with Crippen LogP contribution >= 0.6 is 0 Å². The molecular weight excluding hydrogens is 394 g/mol. The van der Waals surface area contributed by atoms with E-state index in [1.807, 2.05) is 18.2 Å². The van der Waals surface area contributed by atoms with E-state index in [4.69, 9.17) is 14.2 Å². The van der Waals surface area contributed by atoms with Crippen molar-refractivity contribution in [3.8, 4) is 5.75 Å². The number of anilines is 1. The summed E-state index contributed by atoms with van der Waals surface area (Å²) >= 11 is 0. The van der Waals surface area contributed by atoms with Crippen LogP contribution in [0.3, 0.4) is 0 Å². The number of hydrogen-bond acceptors (Lipinski definition) is 9. The Morgan fingerprint density at radius 1 is 1.27 bits per heavy atom. The molecule has 1 amide bonds. The van der Waals surface area contributed by atoms with Crippen molar-refractivity contribution in [3.05, 3.63) is 43.0 Å². The topological polar surface area (TPSA) is 141 Å². The van der Waals surface area contributed by atoms with Gasteiger partial charge in [0.1, 0.15) is 30.4 Å². The second-order valence-electron chi connectivity index (χ2n) is 6.63. The molecule has 0 bridgehead atoms. The fourth-order valence-electron chi connectivity index (χ4n) is 3.31. The SMILES string of the molecule is CO[C@H]1C(O)[C@@H](CO)O[C@H]1n1cnc2c(NC(=O)COc3ccccc3)ncnc21. The lowest BCUT2D eigenvalue weighted by Gasteiger charge is -2.19. The highest BCUT2D eigenvalue weighted by Gasteiger charge is 2.45. The number of carbonyl (C=O) groups is 1. The van der Waals surface area contributed by atoms with Crippen LogP contribution in [0.4, 0.5) is 5.82 Å². The summed E-state index contributed by atoms with van der Waals surface area (Å²) in [6, 6.07) is 8.97. The van der Waals surface area contributed by atoms with E-state index in [-0.39, 0.29) is 19.0 Å². The first-order valence-corrected chi connectivity index (χ1v) is 9.24. The first-order valence-electron chi connectivity index (χ1n) is 9.24. The summed E-state index contributed by atoms with van der Waals surface area (Å²) in [6.07, 6.45) is -0.560. The molecule has 11 heteroatoms. The van der Waals surface area contributed by atoms with Crippen molar-refractivity contribution >= 4 is 22.9 Å². The number of benzene rings is 1. The second kappa shape index (κ2) is 8.71. The summed E-state index contributed by atoms with van der Waals surface area (Å²) in [5, 5.41) is 22.3. The van der Waals surface area contributed by atoms with Crippen molar-refractivity contribution in [1.82, 2.24) is 19.5 Å². The Balaban J connectivity index is 1.53. The minimum Gasteiger partial charge on any atom is -0.484 e. The average Bonchev–Trinajstić information content (AvgIpc) is 3.34. The van der Waals surface area contributed by atoms with Crippen LogP contribution < -0.4 is 10.1 Å². The second-order valence-corrected chi connectivity index (χ2v) is 6.63. The van der Waals surface area contributed by atoms with Gasteiger partial charge >= 0.3 is 0 Å². The van der Waals surface area contributed by atoms with Crippen LogP contribution in [0.25, 0.3) is 11.2 Å². The smallest absolute Gasteiger partial charge is 0.263 e. The highest BCUT2D eigenvalue weighted by Crippen LogP contribution is 2.33. The molecule has 4 atom stereocenters. The van der Waals surface area contributed by atoms with Gasteiger partial charge in [0.25, 0.3) is 5.91 Å². The standard InChI is InChI=1S/C19H21N5O6/c1-28-16-15(27)12(7-25)30-19(16)24-10-22-14-17(20-9-21-18(14)24)23-13(26)8-29-11-5-3-2-4-6-11/h2-6,9-10,12,15-16,19,25,27H,7-8H2,1H3,(H,20,21,23,26)/t12-,15?,16+,19-/m1/s1. The lowest BCUT2D eigenvalue weighted by Crippen LogP contribution is -2.34. The molecule has 11 nitrogen and oxygen atoms in total.